The van der Waals surface area contributed by atoms with Crippen molar-refractivity contribution in [1.29, 1.82) is 0 Å². The number of anilines is 2. The highest BCUT2D eigenvalue weighted by atomic mass is 16.5. The molecule has 6 nitrogen and oxygen atoms in total. The Hall–Kier alpha value is -2.76. The van der Waals surface area contributed by atoms with E-state index in [1.54, 1.807) is 13.3 Å². The summed E-state index contributed by atoms with van der Waals surface area (Å²) in [6.45, 7) is 2.93. The third kappa shape index (κ3) is 3.59. The number of piperazine rings is 1. The molecule has 0 spiro atoms. The van der Waals surface area contributed by atoms with E-state index < -0.39 is 0 Å². The smallest absolute Gasteiger partial charge is 0.272 e. The Morgan fingerprint density at radius 1 is 1.15 bits per heavy atom. The molecule has 1 saturated heterocycles. The zero-order valence-electron chi connectivity index (χ0n) is 15.0. The quantitative estimate of drug-likeness (QED) is 0.896. The van der Waals surface area contributed by atoms with E-state index in [4.69, 9.17) is 4.74 Å². The van der Waals surface area contributed by atoms with Gasteiger partial charge in [0.15, 0.2) is 0 Å². The number of aromatic nitrogens is 1. The number of pyridine rings is 1. The summed E-state index contributed by atoms with van der Waals surface area (Å²) in [5.74, 6) is 0.872. The molecule has 1 aliphatic heterocycles. The third-order valence-corrected chi connectivity index (χ3v) is 4.92. The SMILES string of the molecule is COc1ccccc1N1CCN(C(=O)c2cc(NC3CC3)ccn2)CC1. The summed E-state index contributed by atoms with van der Waals surface area (Å²) in [6, 6.07) is 12.4. The number of benzene rings is 1. The van der Waals surface area contributed by atoms with Crippen molar-refractivity contribution in [2.24, 2.45) is 0 Å². The van der Waals surface area contributed by atoms with E-state index in [0.29, 0.717) is 24.8 Å². The highest BCUT2D eigenvalue weighted by Crippen LogP contribution is 2.29. The Labute approximate surface area is 153 Å². The summed E-state index contributed by atoms with van der Waals surface area (Å²) in [4.78, 5) is 21.2. The third-order valence-electron chi connectivity index (χ3n) is 4.92. The number of hydrogen-bond acceptors (Lipinski definition) is 5. The Morgan fingerprint density at radius 2 is 1.92 bits per heavy atom. The van der Waals surface area contributed by atoms with Crippen molar-refractivity contribution in [2.45, 2.75) is 18.9 Å². The Kier molecular flexibility index (Phi) is 4.65. The van der Waals surface area contributed by atoms with E-state index in [-0.39, 0.29) is 5.91 Å². The van der Waals surface area contributed by atoms with Gasteiger partial charge in [-0.1, -0.05) is 12.1 Å². The molecule has 2 aromatic rings. The van der Waals surface area contributed by atoms with Crippen LogP contribution in [0.15, 0.2) is 42.6 Å². The molecule has 0 atom stereocenters. The van der Waals surface area contributed by atoms with Crippen LogP contribution < -0.4 is 15.0 Å². The summed E-state index contributed by atoms with van der Waals surface area (Å²) in [5.41, 5.74) is 2.58. The van der Waals surface area contributed by atoms with E-state index in [9.17, 15) is 4.79 Å². The van der Waals surface area contributed by atoms with Gasteiger partial charge in [-0.15, -0.1) is 0 Å². The molecule has 4 rings (SSSR count). The molecule has 1 amide bonds. The summed E-state index contributed by atoms with van der Waals surface area (Å²) in [6.07, 6.45) is 4.12. The first-order chi connectivity index (χ1) is 12.7. The number of carbonyl (C=O) groups is 1. The average molecular weight is 352 g/mol. The molecule has 1 N–H and O–H groups in total. The number of nitrogens with zero attached hydrogens (tertiary/aromatic N) is 3. The molecule has 1 saturated carbocycles. The molecule has 1 aliphatic carbocycles. The number of para-hydroxylation sites is 2. The van der Waals surface area contributed by atoms with Gasteiger partial charge in [0.25, 0.3) is 5.91 Å². The zero-order valence-corrected chi connectivity index (χ0v) is 15.0. The van der Waals surface area contributed by atoms with E-state index in [1.165, 1.54) is 12.8 Å². The molecule has 6 heteroatoms. The Morgan fingerprint density at radius 3 is 2.65 bits per heavy atom. The molecule has 2 fully saturated rings. The molecule has 0 unspecified atom stereocenters. The highest BCUT2D eigenvalue weighted by molar-refractivity contribution is 5.93. The average Bonchev–Trinajstić information content (AvgIpc) is 3.52. The largest absolute Gasteiger partial charge is 0.495 e. The van der Waals surface area contributed by atoms with Gasteiger partial charge >= 0.3 is 0 Å². The number of amides is 1. The van der Waals surface area contributed by atoms with Crippen molar-refractivity contribution in [3.05, 3.63) is 48.3 Å². The van der Waals surface area contributed by atoms with Gasteiger partial charge in [0.2, 0.25) is 0 Å². The van der Waals surface area contributed by atoms with Crippen LogP contribution in [0.2, 0.25) is 0 Å². The highest BCUT2D eigenvalue weighted by Gasteiger charge is 2.25. The van der Waals surface area contributed by atoms with Crippen molar-refractivity contribution in [3.8, 4) is 5.75 Å². The maximum Gasteiger partial charge on any atom is 0.272 e. The van der Waals surface area contributed by atoms with Crippen LogP contribution >= 0.6 is 0 Å². The topological polar surface area (TPSA) is 57.7 Å². The fraction of sp³-hybridized carbons (Fsp3) is 0.400. The lowest BCUT2D eigenvalue weighted by molar-refractivity contribution is 0.0741. The molecule has 136 valence electrons. The first-order valence-electron chi connectivity index (χ1n) is 9.14. The summed E-state index contributed by atoms with van der Waals surface area (Å²) in [7, 11) is 1.69. The summed E-state index contributed by atoms with van der Waals surface area (Å²) >= 11 is 0. The van der Waals surface area contributed by atoms with Crippen LogP contribution in [-0.4, -0.2) is 55.1 Å². The zero-order chi connectivity index (χ0) is 17.9. The lowest BCUT2D eigenvalue weighted by atomic mass is 10.2. The minimum Gasteiger partial charge on any atom is -0.495 e. The van der Waals surface area contributed by atoms with Gasteiger partial charge in [0, 0.05) is 44.1 Å². The Bertz CT molecular complexity index is 783. The van der Waals surface area contributed by atoms with Crippen molar-refractivity contribution in [1.82, 2.24) is 9.88 Å². The minimum absolute atomic E-state index is 0.00382. The van der Waals surface area contributed by atoms with E-state index in [0.717, 1.165) is 30.2 Å². The van der Waals surface area contributed by atoms with Gasteiger partial charge in [0.05, 0.1) is 12.8 Å². The summed E-state index contributed by atoms with van der Waals surface area (Å²) < 4.78 is 5.45. The molecule has 1 aromatic heterocycles. The van der Waals surface area contributed by atoms with Gasteiger partial charge in [-0.3, -0.25) is 9.78 Å². The monoisotopic (exact) mass is 352 g/mol. The molecule has 0 radical (unpaired) electrons. The van der Waals surface area contributed by atoms with Crippen LogP contribution in [0, 0.1) is 0 Å². The number of ether oxygens (including phenoxy) is 1. The second-order valence-corrected chi connectivity index (χ2v) is 6.80. The minimum atomic E-state index is 0.00382. The van der Waals surface area contributed by atoms with Gasteiger partial charge in [-0.2, -0.15) is 0 Å². The molecular weight excluding hydrogens is 328 g/mol. The van der Waals surface area contributed by atoms with E-state index >= 15 is 0 Å². The molecule has 26 heavy (non-hydrogen) atoms. The van der Waals surface area contributed by atoms with Crippen molar-refractivity contribution in [2.75, 3.05) is 43.5 Å². The maximum absolute atomic E-state index is 12.8. The van der Waals surface area contributed by atoms with Crippen molar-refractivity contribution < 1.29 is 9.53 Å². The van der Waals surface area contributed by atoms with Crippen LogP contribution in [0.3, 0.4) is 0 Å². The predicted molar refractivity (Wildman–Crippen MR) is 102 cm³/mol. The van der Waals surface area contributed by atoms with E-state index in [2.05, 4.69) is 21.3 Å². The number of nitrogens with one attached hydrogen (secondary N) is 1. The van der Waals surface area contributed by atoms with Gasteiger partial charge in [0.1, 0.15) is 11.4 Å². The van der Waals surface area contributed by atoms with Crippen LogP contribution in [0.4, 0.5) is 11.4 Å². The van der Waals surface area contributed by atoms with Crippen LogP contribution in [0.25, 0.3) is 0 Å². The number of carbonyl (C=O) groups excluding carboxylic acids is 1. The molecule has 2 heterocycles. The van der Waals surface area contributed by atoms with Gasteiger partial charge in [-0.05, 0) is 37.1 Å². The van der Waals surface area contributed by atoms with Crippen LogP contribution in [-0.2, 0) is 0 Å². The predicted octanol–water partition coefficient (Wildman–Crippen LogP) is 2.63. The number of rotatable bonds is 5. The van der Waals surface area contributed by atoms with Crippen LogP contribution in [0.5, 0.6) is 5.75 Å². The second-order valence-electron chi connectivity index (χ2n) is 6.80. The normalized spacial score (nSPS) is 17.1. The maximum atomic E-state index is 12.8. The lowest BCUT2D eigenvalue weighted by Gasteiger charge is -2.36. The molecule has 2 aliphatic rings. The summed E-state index contributed by atoms with van der Waals surface area (Å²) in [5, 5.41) is 3.42. The van der Waals surface area contributed by atoms with Gasteiger partial charge in [-0.25, -0.2) is 0 Å². The van der Waals surface area contributed by atoms with E-state index in [1.807, 2.05) is 35.2 Å². The first-order valence-corrected chi connectivity index (χ1v) is 9.14. The second kappa shape index (κ2) is 7.23. The number of hydrogen-bond donors (Lipinski definition) is 1. The lowest BCUT2D eigenvalue weighted by Crippen LogP contribution is -2.49. The standard InChI is InChI=1S/C20H24N4O2/c1-26-19-5-3-2-4-18(19)23-10-12-24(13-11-23)20(25)17-14-16(8-9-21-17)22-15-6-7-15/h2-5,8-9,14-15H,6-7,10-13H2,1H3,(H,21,22). The van der Waals surface area contributed by atoms with Crippen LogP contribution in [0.1, 0.15) is 23.3 Å². The van der Waals surface area contributed by atoms with Crippen molar-refractivity contribution >= 4 is 17.3 Å². The molecule has 1 aromatic carbocycles. The molecular formula is C20H24N4O2. The molecule has 0 bridgehead atoms. The number of methoxy groups -OCH3 is 1. The Balaban J connectivity index is 1.40. The first kappa shape index (κ1) is 16.7. The fourth-order valence-electron chi connectivity index (χ4n) is 3.30. The van der Waals surface area contributed by atoms with Crippen molar-refractivity contribution in [3.63, 3.8) is 0 Å². The van der Waals surface area contributed by atoms with Gasteiger partial charge < -0.3 is 19.9 Å². The fourth-order valence-corrected chi connectivity index (χ4v) is 3.30.